The van der Waals surface area contributed by atoms with Crippen LogP contribution in [-0.4, -0.2) is 40.4 Å². The van der Waals surface area contributed by atoms with Gasteiger partial charge in [0.2, 0.25) is 0 Å². The van der Waals surface area contributed by atoms with Crippen molar-refractivity contribution >= 4 is 28.6 Å². The van der Waals surface area contributed by atoms with Gasteiger partial charge < -0.3 is 10.2 Å². The first-order chi connectivity index (χ1) is 10.2. The second kappa shape index (κ2) is 6.64. The number of hydrogen-bond donors (Lipinski definition) is 1. The van der Waals surface area contributed by atoms with Crippen LogP contribution < -0.4 is 5.32 Å². The van der Waals surface area contributed by atoms with E-state index < -0.39 is 0 Å². The first kappa shape index (κ1) is 14.6. The molecular weight excluding hydrogens is 304 g/mol. The van der Waals surface area contributed by atoms with E-state index in [1.54, 1.807) is 16.8 Å². The molecule has 1 fully saturated rings. The number of carbonyl (C=O) groups excluding carboxylic acids is 1. The molecule has 0 spiro atoms. The number of nitrogens with one attached hydrogen (secondary N) is 1. The summed E-state index contributed by atoms with van der Waals surface area (Å²) < 4.78 is 0. The average molecular weight is 322 g/mol. The van der Waals surface area contributed by atoms with Crippen LogP contribution in [0.2, 0.25) is 0 Å². The molecule has 0 bridgehead atoms. The summed E-state index contributed by atoms with van der Waals surface area (Å²) in [6, 6.07) is 0. The molecule has 1 aliphatic heterocycles. The van der Waals surface area contributed by atoms with Gasteiger partial charge >= 0.3 is 0 Å². The molecule has 1 saturated heterocycles. The van der Waals surface area contributed by atoms with Crippen LogP contribution in [0.25, 0.3) is 0 Å². The Bertz CT molecular complexity index is 590. The zero-order valence-corrected chi connectivity index (χ0v) is 13.5. The molecule has 2 aromatic heterocycles. The third-order valence-corrected chi connectivity index (χ3v) is 5.27. The molecule has 1 amide bonds. The second-order valence-electron chi connectivity index (χ2n) is 5.28. The highest BCUT2D eigenvalue weighted by atomic mass is 32.1. The largest absolute Gasteiger partial charge is 0.332 e. The summed E-state index contributed by atoms with van der Waals surface area (Å²) in [7, 11) is 0. The number of hydrogen-bond acceptors (Lipinski definition) is 6. The normalized spacial score (nSPS) is 18.0. The van der Waals surface area contributed by atoms with Crippen molar-refractivity contribution in [3.8, 4) is 0 Å². The van der Waals surface area contributed by atoms with Gasteiger partial charge in [0.15, 0.2) is 0 Å². The van der Waals surface area contributed by atoms with Gasteiger partial charge in [-0.1, -0.05) is 0 Å². The first-order valence-electron chi connectivity index (χ1n) is 7.01. The molecule has 2 aromatic rings. The van der Waals surface area contributed by atoms with Crippen molar-refractivity contribution in [2.75, 3.05) is 19.6 Å². The van der Waals surface area contributed by atoms with Gasteiger partial charge in [-0.2, -0.15) is 0 Å². The van der Waals surface area contributed by atoms with Gasteiger partial charge in [-0.15, -0.1) is 22.7 Å². The van der Waals surface area contributed by atoms with Crippen molar-refractivity contribution in [2.24, 2.45) is 5.92 Å². The van der Waals surface area contributed by atoms with Gasteiger partial charge in [0, 0.05) is 16.8 Å². The van der Waals surface area contributed by atoms with Crippen LogP contribution in [0.3, 0.4) is 0 Å². The summed E-state index contributed by atoms with van der Waals surface area (Å²) in [6.07, 6.45) is 1.13. The minimum Gasteiger partial charge on any atom is -0.332 e. The van der Waals surface area contributed by atoms with Crippen LogP contribution in [0.1, 0.15) is 27.5 Å². The topological polar surface area (TPSA) is 58.1 Å². The Hall–Kier alpha value is -1.31. The Morgan fingerprint density at radius 1 is 1.48 bits per heavy atom. The Balaban J connectivity index is 1.76. The van der Waals surface area contributed by atoms with Crippen molar-refractivity contribution in [2.45, 2.75) is 19.9 Å². The Labute approximate surface area is 132 Å². The van der Waals surface area contributed by atoms with E-state index in [4.69, 9.17) is 0 Å². The summed E-state index contributed by atoms with van der Waals surface area (Å²) in [6.45, 7) is 5.43. The Morgan fingerprint density at radius 2 is 2.38 bits per heavy atom. The lowest BCUT2D eigenvalue weighted by molar-refractivity contribution is 0.0715. The number of thiazole rings is 2. The smallest absolute Gasteiger partial charge is 0.273 e. The molecule has 0 aliphatic carbocycles. The molecular formula is C14H18N4OS2. The van der Waals surface area contributed by atoms with Crippen molar-refractivity contribution in [3.63, 3.8) is 0 Å². The third kappa shape index (κ3) is 3.48. The Morgan fingerprint density at radius 3 is 3.00 bits per heavy atom. The fraction of sp³-hybridized carbons (Fsp3) is 0.500. The van der Waals surface area contributed by atoms with E-state index >= 15 is 0 Å². The molecule has 3 heterocycles. The minimum atomic E-state index is 0.0240. The molecule has 7 heteroatoms. The second-order valence-corrected chi connectivity index (χ2v) is 6.94. The maximum absolute atomic E-state index is 12.7. The molecule has 1 aliphatic rings. The summed E-state index contributed by atoms with van der Waals surface area (Å²) in [4.78, 5) is 24.2. The Kier molecular flexibility index (Phi) is 4.62. The molecule has 3 rings (SSSR count). The SMILES string of the molecule is Cc1ncsc1CN(CC1CCNC1)C(=O)c1cscn1. The maximum Gasteiger partial charge on any atom is 0.273 e. The predicted molar refractivity (Wildman–Crippen MR) is 84.7 cm³/mol. The fourth-order valence-electron chi connectivity index (χ4n) is 2.53. The summed E-state index contributed by atoms with van der Waals surface area (Å²) in [5.74, 6) is 0.553. The standard InChI is InChI=1S/C14H18N4OS2/c1-10-13(21-9-16-10)6-18(5-11-2-3-15-4-11)14(19)12-7-20-8-17-12/h7-9,11,15H,2-6H2,1H3. The van der Waals surface area contributed by atoms with Crippen LogP contribution >= 0.6 is 22.7 Å². The van der Waals surface area contributed by atoms with Gasteiger partial charge in [0.1, 0.15) is 5.69 Å². The number of rotatable bonds is 5. The van der Waals surface area contributed by atoms with Gasteiger partial charge in [-0.3, -0.25) is 4.79 Å². The van der Waals surface area contributed by atoms with Crippen molar-refractivity contribution < 1.29 is 4.79 Å². The van der Waals surface area contributed by atoms with Crippen LogP contribution in [0.15, 0.2) is 16.4 Å². The zero-order chi connectivity index (χ0) is 14.7. The lowest BCUT2D eigenvalue weighted by atomic mass is 10.1. The van der Waals surface area contributed by atoms with Crippen molar-refractivity contribution in [1.82, 2.24) is 20.2 Å². The molecule has 1 atom stereocenters. The summed E-state index contributed by atoms with van der Waals surface area (Å²) in [5.41, 5.74) is 5.11. The summed E-state index contributed by atoms with van der Waals surface area (Å²) >= 11 is 3.07. The maximum atomic E-state index is 12.7. The molecule has 0 radical (unpaired) electrons. The van der Waals surface area contributed by atoms with E-state index in [1.165, 1.54) is 11.3 Å². The molecule has 21 heavy (non-hydrogen) atoms. The average Bonchev–Trinajstić information content (AvgIpc) is 3.20. The number of aromatic nitrogens is 2. The van der Waals surface area contributed by atoms with Crippen LogP contribution in [0, 0.1) is 12.8 Å². The van der Waals surface area contributed by atoms with Crippen molar-refractivity contribution in [1.29, 1.82) is 0 Å². The first-order valence-corrected chi connectivity index (χ1v) is 8.83. The monoisotopic (exact) mass is 322 g/mol. The lowest BCUT2D eigenvalue weighted by Gasteiger charge is -2.24. The molecule has 0 aromatic carbocycles. The van der Waals surface area contributed by atoms with Gasteiger partial charge in [0.25, 0.3) is 5.91 Å². The summed E-state index contributed by atoms with van der Waals surface area (Å²) in [5, 5.41) is 5.18. The third-order valence-electron chi connectivity index (χ3n) is 3.76. The van der Waals surface area contributed by atoms with Crippen LogP contribution in [0.4, 0.5) is 0 Å². The predicted octanol–water partition coefficient (Wildman–Crippen LogP) is 2.16. The lowest BCUT2D eigenvalue weighted by Crippen LogP contribution is -2.35. The number of aryl methyl sites for hydroxylation is 1. The highest BCUT2D eigenvalue weighted by molar-refractivity contribution is 7.09. The fourth-order valence-corrected chi connectivity index (χ4v) is 3.85. The quantitative estimate of drug-likeness (QED) is 0.916. The van der Waals surface area contributed by atoms with E-state index in [2.05, 4.69) is 15.3 Å². The molecule has 1 N–H and O–H groups in total. The number of amides is 1. The molecule has 112 valence electrons. The highest BCUT2D eigenvalue weighted by Crippen LogP contribution is 2.19. The van der Waals surface area contributed by atoms with E-state index in [-0.39, 0.29) is 5.91 Å². The molecule has 1 unspecified atom stereocenters. The van der Waals surface area contributed by atoms with E-state index in [0.717, 1.165) is 36.6 Å². The number of carbonyl (C=O) groups is 1. The van der Waals surface area contributed by atoms with Crippen LogP contribution in [0.5, 0.6) is 0 Å². The van der Waals surface area contributed by atoms with E-state index in [1.807, 2.05) is 22.7 Å². The van der Waals surface area contributed by atoms with E-state index in [0.29, 0.717) is 18.2 Å². The highest BCUT2D eigenvalue weighted by Gasteiger charge is 2.24. The molecule has 0 saturated carbocycles. The van der Waals surface area contributed by atoms with E-state index in [9.17, 15) is 4.79 Å². The van der Waals surface area contributed by atoms with Gasteiger partial charge in [0.05, 0.1) is 23.3 Å². The van der Waals surface area contributed by atoms with Crippen LogP contribution in [-0.2, 0) is 6.54 Å². The van der Waals surface area contributed by atoms with Gasteiger partial charge in [-0.05, 0) is 32.4 Å². The van der Waals surface area contributed by atoms with Gasteiger partial charge in [-0.25, -0.2) is 9.97 Å². The number of nitrogens with zero attached hydrogens (tertiary/aromatic N) is 3. The zero-order valence-electron chi connectivity index (χ0n) is 11.9. The minimum absolute atomic E-state index is 0.0240. The van der Waals surface area contributed by atoms with Crippen molar-refractivity contribution in [3.05, 3.63) is 32.7 Å². The molecule has 5 nitrogen and oxygen atoms in total.